The van der Waals surface area contributed by atoms with Gasteiger partial charge in [0, 0.05) is 4.47 Å². The van der Waals surface area contributed by atoms with E-state index < -0.39 is 11.8 Å². The van der Waals surface area contributed by atoms with Crippen molar-refractivity contribution >= 4 is 33.4 Å². The molecule has 2 aromatic carbocycles. The molecule has 0 radical (unpaired) electrons. The van der Waals surface area contributed by atoms with Crippen molar-refractivity contribution in [2.75, 3.05) is 25.6 Å². The monoisotopic (exact) mass is 407 g/mol. The minimum atomic E-state index is -0.464. The number of carbonyl (C=O) groups is 2. The van der Waals surface area contributed by atoms with Gasteiger partial charge in [0.05, 0.1) is 19.3 Å². The first-order chi connectivity index (χ1) is 12.1. The Morgan fingerprint density at radius 3 is 2.40 bits per heavy atom. The van der Waals surface area contributed by atoms with Gasteiger partial charge in [0.2, 0.25) is 0 Å². The number of ether oxygens (including phenoxy) is 2. The maximum atomic E-state index is 11.8. The zero-order valence-corrected chi connectivity index (χ0v) is 15.1. The second-order valence-electron chi connectivity index (χ2n) is 4.89. The fourth-order valence-electron chi connectivity index (χ4n) is 1.87. The zero-order valence-electron chi connectivity index (χ0n) is 13.5. The lowest BCUT2D eigenvalue weighted by atomic mass is 10.3. The topological polar surface area (TPSA) is 88.7 Å². The number of amides is 2. The minimum Gasteiger partial charge on any atom is -0.495 e. The number of nitrogens with one attached hydrogen (secondary N) is 3. The molecule has 0 saturated heterocycles. The van der Waals surface area contributed by atoms with E-state index in [1.807, 2.05) is 12.1 Å². The van der Waals surface area contributed by atoms with Gasteiger partial charge in [-0.3, -0.25) is 20.4 Å². The molecule has 0 atom stereocenters. The molecule has 3 N–H and O–H groups in total. The van der Waals surface area contributed by atoms with E-state index in [-0.39, 0.29) is 13.2 Å². The third kappa shape index (κ3) is 6.34. The molecule has 0 unspecified atom stereocenters. The lowest BCUT2D eigenvalue weighted by Gasteiger charge is -2.12. The summed E-state index contributed by atoms with van der Waals surface area (Å²) in [5.41, 5.74) is 5.28. The largest absolute Gasteiger partial charge is 0.495 e. The highest BCUT2D eigenvalue weighted by Gasteiger charge is 2.07. The Balaban J connectivity index is 1.68. The van der Waals surface area contributed by atoms with Crippen LogP contribution in [0.4, 0.5) is 5.69 Å². The van der Waals surface area contributed by atoms with Gasteiger partial charge < -0.3 is 14.8 Å². The molecular weight excluding hydrogens is 390 g/mol. The molecule has 0 heterocycles. The highest BCUT2D eigenvalue weighted by atomic mass is 79.9. The lowest BCUT2D eigenvalue weighted by Crippen LogP contribution is -2.45. The van der Waals surface area contributed by atoms with Gasteiger partial charge in [0.15, 0.2) is 6.61 Å². The molecule has 2 rings (SSSR count). The highest BCUT2D eigenvalue weighted by Crippen LogP contribution is 2.22. The summed E-state index contributed by atoms with van der Waals surface area (Å²) >= 11 is 3.31. The summed E-state index contributed by atoms with van der Waals surface area (Å²) in [6.07, 6.45) is 0. The van der Waals surface area contributed by atoms with E-state index >= 15 is 0 Å². The van der Waals surface area contributed by atoms with Crippen LogP contribution in [0.1, 0.15) is 0 Å². The summed E-state index contributed by atoms with van der Waals surface area (Å²) in [7, 11) is 1.55. The summed E-state index contributed by atoms with van der Waals surface area (Å²) in [4.78, 5) is 23.4. The summed E-state index contributed by atoms with van der Waals surface area (Å²) < 4.78 is 11.4. The van der Waals surface area contributed by atoms with E-state index in [0.717, 1.165) is 4.47 Å². The number of para-hydroxylation sites is 2. The van der Waals surface area contributed by atoms with Gasteiger partial charge in [0.1, 0.15) is 11.5 Å². The number of carbonyl (C=O) groups excluding carboxylic acids is 2. The Hall–Kier alpha value is -2.74. The van der Waals surface area contributed by atoms with Crippen molar-refractivity contribution in [3.8, 4) is 11.5 Å². The van der Waals surface area contributed by atoms with Gasteiger partial charge in [-0.15, -0.1) is 0 Å². The molecule has 0 aliphatic rings. The van der Waals surface area contributed by atoms with Crippen LogP contribution in [0.3, 0.4) is 0 Å². The minimum absolute atomic E-state index is 0.0196. The molecule has 0 aromatic heterocycles. The van der Waals surface area contributed by atoms with Gasteiger partial charge in [0.25, 0.3) is 11.8 Å². The quantitative estimate of drug-likeness (QED) is 0.611. The van der Waals surface area contributed by atoms with Crippen LogP contribution in [0.15, 0.2) is 53.0 Å². The van der Waals surface area contributed by atoms with Crippen molar-refractivity contribution in [1.29, 1.82) is 0 Å². The van der Waals surface area contributed by atoms with Crippen molar-refractivity contribution in [1.82, 2.24) is 10.9 Å². The number of methoxy groups -OCH3 is 1. The van der Waals surface area contributed by atoms with Gasteiger partial charge >= 0.3 is 0 Å². The van der Waals surface area contributed by atoms with Crippen LogP contribution in [0.2, 0.25) is 0 Å². The molecule has 2 amide bonds. The molecule has 0 aliphatic heterocycles. The number of hydrogen-bond donors (Lipinski definition) is 3. The van der Waals surface area contributed by atoms with Crippen LogP contribution in [-0.2, 0) is 9.59 Å². The molecule has 25 heavy (non-hydrogen) atoms. The molecule has 0 bridgehead atoms. The van der Waals surface area contributed by atoms with Crippen LogP contribution in [0.5, 0.6) is 11.5 Å². The average Bonchev–Trinajstić information content (AvgIpc) is 2.64. The van der Waals surface area contributed by atoms with Crippen molar-refractivity contribution in [3.05, 3.63) is 53.0 Å². The van der Waals surface area contributed by atoms with E-state index in [9.17, 15) is 9.59 Å². The van der Waals surface area contributed by atoms with E-state index in [1.54, 1.807) is 43.5 Å². The van der Waals surface area contributed by atoms with Gasteiger partial charge in [-0.25, -0.2) is 0 Å². The molecule has 132 valence electrons. The summed E-state index contributed by atoms with van der Waals surface area (Å²) in [6.45, 7) is -0.226. The van der Waals surface area contributed by atoms with Gasteiger partial charge in [-0.1, -0.05) is 28.1 Å². The average molecular weight is 408 g/mol. The van der Waals surface area contributed by atoms with Gasteiger partial charge in [-0.05, 0) is 36.4 Å². The van der Waals surface area contributed by atoms with E-state index in [1.165, 1.54) is 0 Å². The fourth-order valence-corrected chi connectivity index (χ4v) is 2.13. The lowest BCUT2D eigenvalue weighted by molar-refractivity contribution is -0.129. The SMILES string of the molecule is COc1ccccc1NCC(=O)NNC(=O)COc1ccc(Br)cc1. The first-order valence-corrected chi connectivity index (χ1v) is 8.20. The van der Waals surface area contributed by atoms with E-state index in [4.69, 9.17) is 9.47 Å². The standard InChI is InChI=1S/C17H18BrN3O4/c1-24-15-5-3-2-4-14(15)19-10-16(22)20-21-17(23)11-25-13-8-6-12(18)7-9-13/h2-9,19H,10-11H2,1H3,(H,20,22)(H,21,23). The predicted molar refractivity (Wildman–Crippen MR) is 97.4 cm³/mol. The van der Waals surface area contributed by atoms with E-state index in [0.29, 0.717) is 17.2 Å². The van der Waals surface area contributed by atoms with Crippen molar-refractivity contribution in [2.45, 2.75) is 0 Å². The maximum absolute atomic E-state index is 11.8. The molecule has 0 aliphatic carbocycles. The van der Waals surface area contributed by atoms with Crippen molar-refractivity contribution < 1.29 is 19.1 Å². The fraction of sp³-hybridized carbons (Fsp3) is 0.176. The van der Waals surface area contributed by atoms with Crippen LogP contribution in [-0.4, -0.2) is 32.1 Å². The predicted octanol–water partition coefficient (Wildman–Crippen LogP) is 2.10. The van der Waals surface area contributed by atoms with Crippen LogP contribution >= 0.6 is 15.9 Å². The Labute approximate surface area is 153 Å². The Morgan fingerprint density at radius 2 is 1.68 bits per heavy atom. The first kappa shape index (κ1) is 18.6. The number of anilines is 1. The normalized spacial score (nSPS) is 9.84. The number of hydrogen-bond acceptors (Lipinski definition) is 5. The molecule has 8 heteroatoms. The summed E-state index contributed by atoms with van der Waals surface area (Å²) in [6, 6.07) is 14.3. The number of halogens is 1. The summed E-state index contributed by atoms with van der Waals surface area (Å²) in [5, 5.41) is 2.93. The second-order valence-corrected chi connectivity index (χ2v) is 5.81. The van der Waals surface area contributed by atoms with Crippen LogP contribution < -0.4 is 25.6 Å². The highest BCUT2D eigenvalue weighted by molar-refractivity contribution is 9.10. The third-order valence-electron chi connectivity index (χ3n) is 3.07. The zero-order chi connectivity index (χ0) is 18.1. The van der Waals surface area contributed by atoms with Crippen molar-refractivity contribution in [2.24, 2.45) is 0 Å². The molecule has 0 saturated carbocycles. The molecule has 0 fully saturated rings. The third-order valence-corrected chi connectivity index (χ3v) is 3.60. The van der Waals surface area contributed by atoms with Crippen LogP contribution in [0, 0.1) is 0 Å². The Morgan fingerprint density at radius 1 is 1.00 bits per heavy atom. The maximum Gasteiger partial charge on any atom is 0.276 e. The molecule has 2 aromatic rings. The smallest absolute Gasteiger partial charge is 0.276 e. The second kappa shape index (κ2) is 9.53. The van der Waals surface area contributed by atoms with Crippen LogP contribution in [0.25, 0.3) is 0 Å². The summed E-state index contributed by atoms with van der Waals surface area (Å²) in [5.74, 6) is 0.321. The molecule has 7 nitrogen and oxygen atoms in total. The van der Waals surface area contributed by atoms with Crippen molar-refractivity contribution in [3.63, 3.8) is 0 Å². The Kier molecular flexibility index (Phi) is 7.09. The molecular formula is C17H18BrN3O4. The number of hydrazine groups is 1. The number of benzene rings is 2. The first-order valence-electron chi connectivity index (χ1n) is 7.41. The number of rotatable bonds is 7. The van der Waals surface area contributed by atoms with Gasteiger partial charge in [-0.2, -0.15) is 0 Å². The molecule has 0 spiro atoms. The Bertz CT molecular complexity index is 722. The van der Waals surface area contributed by atoms with E-state index in [2.05, 4.69) is 32.1 Å².